The van der Waals surface area contributed by atoms with Crippen LogP contribution in [0, 0.1) is 5.92 Å². The summed E-state index contributed by atoms with van der Waals surface area (Å²) in [4.78, 5) is 30.7. The molecule has 1 aromatic carbocycles. The first kappa shape index (κ1) is 17.9. The molecule has 1 N–H and O–H groups in total. The van der Waals surface area contributed by atoms with E-state index in [4.69, 9.17) is 4.74 Å². The molecule has 6 nitrogen and oxygen atoms in total. The van der Waals surface area contributed by atoms with E-state index in [9.17, 15) is 9.59 Å². The van der Waals surface area contributed by atoms with E-state index >= 15 is 0 Å². The maximum Gasteiger partial charge on any atom is 0.339 e. The molecule has 1 aromatic heterocycles. The van der Waals surface area contributed by atoms with Gasteiger partial charge in [-0.05, 0) is 43.0 Å². The maximum atomic E-state index is 12.7. The molecule has 0 radical (unpaired) electrons. The van der Waals surface area contributed by atoms with Gasteiger partial charge in [0.05, 0.1) is 18.4 Å². The highest BCUT2D eigenvalue weighted by molar-refractivity contribution is 5.97. The third-order valence-corrected chi connectivity index (χ3v) is 4.53. The highest BCUT2D eigenvalue weighted by Crippen LogP contribution is 2.23. The minimum Gasteiger partial charge on any atom is -0.465 e. The van der Waals surface area contributed by atoms with Crippen molar-refractivity contribution in [2.45, 2.75) is 19.8 Å². The second kappa shape index (κ2) is 7.99. The quantitative estimate of drug-likeness (QED) is 0.852. The number of nitrogens with one attached hydrogen (secondary N) is 1. The number of likely N-dealkylation sites (tertiary alicyclic amines) is 1. The lowest BCUT2D eigenvalue weighted by Crippen LogP contribution is -2.39. The van der Waals surface area contributed by atoms with E-state index in [1.165, 1.54) is 7.11 Å². The summed E-state index contributed by atoms with van der Waals surface area (Å²) < 4.78 is 4.81. The van der Waals surface area contributed by atoms with Gasteiger partial charge in [-0.1, -0.05) is 19.1 Å². The third-order valence-electron chi connectivity index (χ3n) is 4.53. The van der Waals surface area contributed by atoms with Gasteiger partial charge >= 0.3 is 5.97 Å². The van der Waals surface area contributed by atoms with Gasteiger partial charge in [0.1, 0.15) is 5.69 Å². The van der Waals surface area contributed by atoms with Crippen molar-refractivity contribution in [3.63, 3.8) is 0 Å². The van der Waals surface area contributed by atoms with Crippen molar-refractivity contribution in [3.05, 3.63) is 53.9 Å². The van der Waals surface area contributed by atoms with Crippen LogP contribution in [0.15, 0.2) is 42.6 Å². The molecule has 2 heterocycles. The fourth-order valence-electron chi connectivity index (χ4n) is 3.20. The number of hydrogen-bond donors (Lipinski definition) is 1. The standard InChI is InChI=1S/C20H23N3O3/c1-14-6-5-11-23(13-14)19(24)18-12-15(9-10-21-18)22-17-8-4-3-7-16(17)20(25)26-2/h3-4,7-10,12,14H,5-6,11,13H2,1-2H3,(H,21,22). The maximum absolute atomic E-state index is 12.7. The van der Waals surface area contributed by atoms with Gasteiger partial charge in [-0.2, -0.15) is 0 Å². The summed E-state index contributed by atoms with van der Waals surface area (Å²) in [5, 5.41) is 3.18. The number of methoxy groups -OCH3 is 1. The van der Waals surface area contributed by atoms with Crippen LogP contribution < -0.4 is 5.32 Å². The van der Waals surface area contributed by atoms with Crippen molar-refractivity contribution in [1.29, 1.82) is 0 Å². The van der Waals surface area contributed by atoms with E-state index in [1.807, 2.05) is 11.0 Å². The fourth-order valence-corrected chi connectivity index (χ4v) is 3.20. The fraction of sp³-hybridized carbons (Fsp3) is 0.350. The summed E-state index contributed by atoms with van der Waals surface area (Å²) in [6, 6.07) is 10.6. The molecule has 1 atom stereocenters. The Hall–Kier alpha value is -2.89. The number of anilines is 2. The number of carbonyl (C=O) groups is 2. The van der Waals surface area contributed by atoms with E-state index in [1.54, 1.807) is 36.5 Å². The number of esters is 1. The molecule has 1 fully saturated rings. The Bertz CT molecular complexity index is 806. The van der Waals surface area contributed by atoms with Crippen LogP contribution in [0.25, 0.3) is 0 Å². The second-order valence-corrected chi connectivity index (χ2v) is 6.59. The van der Waals surface area contributed by atoms with Gasteiger partial charge in [-0.3, -0.25) is 9.78 Å². The SMILES string of the molecule is COC(=O)c1ccccc1Nc1ccnc(C(=O)N2CCCC(C)C2)c1. The number of nitrogens with zero attached hydrogens (tertiary/aromatic N) is 2. The van der Waals surface area contributed by atoms with Gasteiger partial charge in [0, 0.05) is 25.0 Å². The van der Waals surface area contributed by atoms with Crippen LogP contribution in [-0.2, 0) is 4.74 Å². The topological polar surface area (TPSA) is 71.5 Å². The Morgan fingerprint density at radius 3 is 2.85 bits per heavy atom. The summed E-state index contributed by atoms with van der Waals surface area (Å²) >= 11 is 0. The van der Waals surface area contributed by atoms with Crippen LogP contribution in [0.5, 0.6) is 0 Å². The average Bonchev–Trinajstić information content (AvgIpc) is 2.67. The Morgan fingerprint density at radius 2 is 2.08 bits per heavy atom. The van der Waals surface area contributed by atoms with E-state index in [2.05, 4.69) is 17.2 Å². The Labute approximate surface area is 153 Å². The molecule has 3 rings (SSSR count). The first-order valence-corrected chi connectivity index (χ1v) is 8.78. The molecular weight excluding hydrogens is 330 g/mol. The molecule has 0 bridgehead atoms. The summed E-state index contributed by atoms with van der Waals surface area (Å²) in [5.41, 5.74) is 2.16. The van der Waals surface area contributed by atoms with Crippen molar-refractivity contribution in [1.82, 2.24) is 9.88 Å². The zero-order valence-corrected chi connectivity index (χ0v) is 15.1. The number of amides is 1. The number of carbonyl (C=O) groups excluding carboxylic acids is 2. The van der Waals surface area contributed by atoms with Crippen molar-refractivity contribution in [2.75, 3.05) is 25.5 Å². The largest absolute Gasteiger partial charge is 0.465 e. The van der Waals surface area contributed by atoms with E-state index in [0.29, 0.717) is 28.6 Å². The molecule has 26 heavy (non-hydrogen) atoms. The van der Waals surface area contributed by atoms with Crippen molar-refractivity contribution in [2.24, 2.45) is 5.92 Å². The van der Waals surface area contributed by atoms with Gasteiger partial charge in [0.25, 0.3) is 5.91 Å². The predicted octanol–water partition coefficient (Wildman–Crippen LogP) is 3.48. The number of benzene rings is 1. The van der Waals surface area contributed by atoms with Crippen LogP contribution in [0.4, 0.5) is 11.4 Å². The van der Waals surface area contributed by atoms with Gasteiger partial charge in [-0.15, -0.1) is 0 Å². The Kier molecular flexibility index (Phi) is 5.51. The van der Waals surface area contributed by atoms with Gasteiger partial charge in [0.15, 0.2) is 0 Å². The number of pyridine rings is 1. The van der Waals surface area contributed by atoms with Crippen LogP contribution in [0.3, 0.4) is 0 Å². The zero-order valence-electron chi connectivity index (χ0n) is 15.1. The van der Waals surface area contributed by atoms with Crippen LogP contribution in [0.2, 0.25) is 0 Å². The number of ether oxygens (including phenoxy) is 1. The van der Waals surface area contributed by atoms with Crippen LogP contribution in [0.1, 0.15) is 40.6 Å². The highest BCUT2D eigenvalue weighted by Gasteiger charge is 2.23. The summed E-state index contributed by atoms with van der Waals surface area (Å²) in [6.07, 6.45) is 3.78. The van der Waals surface area contributed by atoms with Crippen molar-refractivity contribution in [3.8, 4) is 0 Å². The van der Waals surface area contributed by atoms with Gasteiger partial charge in [0.2, 0.25) is 0 Å². The number of hydrogen-bond acceptors (Lipinski definition) is 5. The Morgan fingerprint density at radius 1 is 1.27 bits per heavy atom. The molecule has 1 aliphatic heterocycles. The monoisotopic (exact) mass is 353 g/mol. The lowest BCUT2D eigenvalue weighted by molar-refractivity contribution is 0.0601. The molecule has 6 heteroatoms. The molecule has 1 aliphatic rings. The number of para-hydroxylation sites is 1. The minimum absolute atomic E-state index is 0.0542. The molecule has 1 saturated heterocycles. The van der Waals surface area contributed by atoms with Crippen LogP contribution >= 0.6 is 0 Å². The van der Waals surface area contributed by atoms with Crippen molar-refractivity contribution < 1.29 is 14.3 Å². The second-order valence-electron chi connectivity index (χ2n) is 6.59. The van der Waals surface area contributed by atoms with E-state index in [-0.39, 0.29) is 5.91 Å². The average molecular weight is 353 g/mol. The smallest absolute Gasteiger partial charge is 0.339 e. The summed E-state index contributed by atoms with van der Waals surface area (Å²) in [5.74, 6) is 0.0446. The normalized spacial score (nSPS) is 16.8. The summed E-state index contributed by atoms with van der Waals surface area (Å²) in [6.45, 7) is 3.70. The number of aromatic nitrogens is 1. The molecule has 2 aromatic rings. The first-order valence-electron chi connectivity index (χ1n) is 8.78. The zero-order chi connectivity index (χ0) is 18.5. The van der Waals surface area contributed by atoms with Gasteiger partial charge in [-0.25, -0.2) is 4.79 Å². The summed E-state index contributed by atoms with van der Waals surface area (Å²) in [7, 11) is 1.35. The lowest BCUT2D eigenvalue weighted by atomic mass is 10.00. The van der Waals surface area contributed by atoms with E-state index in [0.717, 1.165) is 25.9 Å². The Balaban J connectivity index is 1.80. The third kappa shape index (κ3) is 4.02. The molecule has 136 valence electrons. The number of piperidine rings is 1. The molecule has 0 saturated carbocycles. The minimum atomic E-state index is -0.416. The molecule has 0 spiro atoms. The van der Waals surface area contributed by atoms with Gasteiger partial charge < -0.3 is 15.0 Å². The predicted molar refractivity (Wildman–Crippen MR) is 99.6 cm³/mol. The highest BCUT2D eigenvalue weighted by atomic mass is 16.5. The lowest BCUT2D eigenvalue weighted by Gasteiger charge is -2.30. The molecule has 0 aliphatic carbocycles. The van der Waals surface area contributed by atoms with Crippen LogP contribution in [-0.4, -0.2) is 42.0 Å². The molecular formula is C20H23N3O3. The van der Waals surface area contributed by atoms with Crippen molar-refractivity contribution >= 4 is 23.3 Å². The first-order chi connectivity index (χ1) is 12.6. The van der Waals surface area contributed by atoms with E-state index < -0.39 is 5.97 Å². The molecule has 1 unspecified atom stereocenters. The number of rotatable bonds is 4. The molecule has 1 amide bonds.